The lowest BCUT2D eigenvalue weighted by Gasteiger charge is -2.09. The van der Waals surface area contributed by atoms with Crippen LogP contribution < -0.4 is 4.74 Å². The molecule has 0 spiro atoms. The standard InChI is InChI=1S/C13H11ClOS/c1-15-9-6-7-12(14)11(8-9)10-4-2-3-5-13(10)16/h2-8,16H,1H3. The van der Waals surface area contributed by atoms with Crippen LogP contribution in [0.15, 0.2) is 47.4 Å². The van der Waals surface area contributed by atoms with Crippen molar-refractivity contribution in [1.82, 2.24) is 0 Å². The molecule has 2 rings (SSSR count). The average Bonchev–Trinajstić information content (AvgIpc) is 2.31. The summed E-state index contributed by atoms with van der Waals surface area (Å²) < 4.78 is 5.19. The Hall–Kier alpha value is -1.12. The molecule has 0 bridgehead atoms. The quantitative estimate of drug-likeness (QED) is 0.782. The van der Waals surface area contributed by atoms with E-state index in [-0.39, 0.29) is 0 Å². The summed E-state index contributed by atoms with van der Waals surface area (Å²) in [6.07, 6.45) is 0. The van der Waals surface area contributed by atoms with Gasteiger partial charge in [0, 0.05) is 15.5 Å². The van der Waals surface area contributed by atoms with E-state index in [0.29, 0.717) is 5.02 Å². The van der Waals surface area contributed by atoms with Gasteiger partial charge in [0.15, 0.2) is 0 Å². The number of halogens is 1. The number of benzene rings is 2. The van der Waals surface area contributed by atoms with Crippen LogP contribution in [0.3, 0.4) is 0 Å². The molecule has 3 heteroatoms. The Kier molecular flexibility index (Phi) is 3.42. The third-order valence-corrected chi connectivity index (χ3v) is 3.09. The Morgan fingerprint density at radius 2 is 1.81 bits per heavy atom. The van der Waals surface area contributed by atoms with Crippen LogP contribution in [0.25, 0.3) is 11.1 Å². The van der Waals surface area contributed by atoms with Crippen LogP contribution in [0.5, 0.6) is 5.75 Å². The summed E-state index contributed by atoms with van der Waals surface area (Å²) in [5.41, 5.74) is 1.95. The smallest absolute Gasteiger partial charge is 0.119 e. The van der Waals surface area contributed by atoms with Gasteiger partial charge < -0.3 is 4.74 Å². The van der Waals surface area contributed by atoms with Crippen LogP contribution in [-0.4, -0.2) is 7.11 Å². The van der Waals surface area contributed by atoms with Crippen molar-refractivity contribution in [2.24, 2.45) is 0 Å². The highest BCUT2D eigenvalue weighted by Gasteiger charge is 2.07. The van der Waals surface area contributed by atoms with Crippen molar-refractivity contribution in [3.63, 3.8) is 0 Å². The lowest BCUT2D eigenvalue weighted by atomic mass is 10.1. The van der Waals surface area contributed by atoms with Gasteiger partial charge in [-0.3, -0.25) is 0 Å². The van der Waals surface area contributed by atoms with E-state index in [1.165, 1.54) is 0 Å². The van der Waals surface area contributed by atoms with Gasteiger partial charge in [-0.15, -0.1) is 12.6 Å². The first-order chi connectivity index (χ1) is 7.72. The summed E-state index contributed by atoms with van der Waals surface area (Å²) in [5.74, 6) is 0.788. The van der Waals surface area contributed by atoms with Gasteiger partial charge in [-0.25, -0.2) is 0 Å². The number of hydrogen-bond acceptors (Lipinski definition) is 2. The lowest BCUT2D eigenvalue weighted by Crippen LogP contribution is -1.86. The van der Waals surface area contributed by atoms with Gasteiger partial charge in [0.25, 0.3) is 0 Å². The van der Waals surface area contributed by atoms with Crippen molar-refractivity contribution >= 4 is 24.2 Å². The zero-order valence-corrected chi connectivity index (χ0v) is 10.4. The normalized spacial score (nSPS) is 10.2. The maximum Gasteiger partial charge on any atom is 0.119 e. The van der Waals surface area contributed by atoms with Gasteiger partial charge in [0.05, 0.1) is 7.11 Å². The van der Waals surface area contributed by atoms with Gasteiger partial charge in [-0.05, 0) is 29.8 Å². The molecule has 1 nitrogen and oxygen atoms in total. The van der Waals surface area contributed by atoms with Crippen LogP contribution in [0.4, 0.5) is 0 Å². The molecule has 0 atom stereocenters. The highest BCUT2D eigenvalue weighted by atomic mass is 35.5. The van der Waals surface area contributed by atoms with Crippen LogP contribution >= 0.6 is 24.2 Å². The molecule has 0 aromatic heterocycles. The number of methoxy groups -OCH3 is 1. The molecule has 0 aliphatic rings. The molecule has 2 aromatic rings. The minimum atomic E-state index is 0.697. The predicted octanol–water partition coefficient (Wildman–Crippen LogP) is 4.30. The number of thiol groups is 1. The maximum absolute atomic E-state index is 6.17. The van der Waals surface area contributed by atoms with Crippen LogP contribution in [-0.2, 0) is 0 Å². The van der Waals surface area contributed by atoms with Gasteiger partial charge in [-0.2, -0.15) is 0 Å². The minimum Gasteiger partial charge on any atom is -0.497 e. The zero-order valence-electron chi connectivity index (χ0n) is 8.77. The van der Waals surface area contributed by atoms with Crippen LogP contribution in [0, 0.1) is 0 Å². The second kappa shape index (κ2) is 4.81. The van der Waals surface area contributed by atoms with E-state index >= 15 is 0 Å². The van der Waals surface area contributed by atoms with E-state index in [0.717, 1.165) is 21.8 Å². The Morgan fingerprint density at radius 1 is 1.06 bits per heavy atom. The van der Waals surface area contributed by atoms with Gasteiger partial charge >= 0.3 is 0 Å². The topological polar surface area (TPSA) is 9.23 Å². The molecular formula is C13H11ClOS. The van der Waals surface area contributed by atoms with Crippen LogP contribution in [0.1, 0.15) is 0 Å². The second-order valence-electron chi connectivity index (χ2n) is 3.36. The van der Waals surface area contributed by atoms with Gasteiger partial charge in [0.1, 0.15) is 5.75 Å². The summed E-state index contributed by atoms with van der Waals surface area (Å²) >= 11 is 10.6. The first-order valence-corrected chi connectivity index (χ1v) is 5.67. The van der Waals surface area contributed by atoms with E-state index in [9.17, 15) is 0 Å². The fourth-order valence-corrected chi connectivity index (χ4v) is 2.04. The summed E-state index contributed by atoms with van der Waals surface area (Å²) in [4.78, 5) is 0.901. The fourth-order valence-electron chi connectivity index (χ4n) is 1.54. The Morgan fingerprint density at radius 3 is 2.50 bits per heavy atom. The highest BCUT2D eigenvalue weighted by molar-refractivity contribution is 7.80. The van der Waals surface area contributed by atoms with E-state index < -0.39 is 0 Å². The largest absolute Gasteiger partial charge is 0.497 e. The molecule has 0 aliphatic carbocycles. The van der Waals surface area contributed by atoms with Crippen molar-refractivity contribution in [3.05, 3.63) is 47.5 Å². The molecule has 2 aromatic carbocycles. The molecule has 0 saturated carbocycles. The Bertz CT molecular complexity index is 511. The van der Waals surface area contributed by atoms with E-state index in [2.05, 4.69) is 12.6 Å². The number of ether oxygens (including phenoxy) is 1. The van der Waals surface area contributed by atoms with E-state index in [4.69, 9.17) is 16.3 Å². The first-order valence-electron chi connectivity index (χ1n) is 4.84. The molecule has 0 unspecified atom stereocenters. The number of rotatable bonds is 2. The van der Waals surface area contributed by atoms with Crippen LogP contribution in [0.2, 0.25) is 5.02 Å². The van der Waals surface area contributed by atoms with Crippen molar-refractivity contribution in [3.8, 4) is 16.9 Å². The van der Waals surface area contributed by atoms with Gasteiger partial charge in [-0.1, -0.05) is 29.8 Å². The molecule has 0 amide bonds. The lowest BCUT2D eigenvalue weighted by molar-refractivity contribution is 0.415. The summed E-state index contributed by atoms with van der Waals surface area (Å²) in [6, 6.07) is 13.4. The third-order valence-electron chi connectivity index (χ3n) is 2.37. The SMILES string of the molecule is COc1ccc(Cl)c(-c2ccccc2S)c1. The minimum absolute atomic E-state index is 0.697. The van der Waals surface area contributed by atoms with Crippen molar-refractivity contribution in [2.75, 3.05) is 7.11 Å². The zero-order chi connectivity index (χ0) is 11.5. The molecular weight excluding hydrogens is 240 g/mol. The molecule has 0 aliphatic heterocycles. The van der Waals surface area contributed by atoms with Gasteiger partial charge in [0.2, 0.25) is 0 Å². The molecule has 0 saturated heterocycles. The Labute approximate surface area is 105 Å². The molecule has 0 radical (unpaired) electrons. The van der Waals surface area contributed by atoms with Crippen molar-refractivity contribution in [1.29, 1.82) is 0 Å². The summed E-state index contributed by atoms with van der Waals surface area (Å²) in [6.45, 7) is 0. The molecule has 0 fully saturated rings. The molecule has 0 heterocycles. The predicted molar refractivity (Wildman–Crippen MR) is 70.7 cm³/mol. The molecule has 82 valence electrons. The Balaban J connectivity index is 2.59. The maximum atomic E-state index is 6.17. The first kappa shape index (κ1) is 11.4. The fraction of sp³-hybridized carbons (Fsp3) is 0.0769. The third kappa shape index (κ3) is 2.18. The molecule has 0 N–H and O–H groups in total. The monoisotopic (exact) mass is 250 g/mol. The average molecular weight is 251 g/mol. The highest BCUT2D eigenvalue weighted by Crippen LogP contribution is 2.34. The van der Waals surface area contributed by atoms with Crippen molar-refractivity contribution < 1.29 is 4.74 Å². The molecule has 16 heavy (non-hydrogen) atoms. The summed E-state index contributed by atoms with van der Waals surface area (Å²) in [7, 11) is 1.64. The number of hydrogen-bond donors (Lipinski definition) is 1. The van der Waals surface area contributed by atoms with E-state index in [1.54, 1.807) is 7.11 Å². The van der Waals surface area contributed by atoms with E-state index in [1.807, 2.05) is 42.5 Å². The second-order valence-corrected chi connectivity index (χ2v) is 4.25. The van der Waals surface area contributed by atoms with Crippen molar-refractivity contribution in [2.45, 2.75) is 4.90 Å². The summed E-state index contributed by atoms with van der Waals surface area (Å²) in [5, 5.41) is 0.697.